The molecule has 62 heavy (non-hydrogen) atoms. The summed E-state index contributed by atoms with van der Waals surface area (Å²) in [5.74, 6) is 2.41. The van der Waals surface area contributed by atoms with Crippen LogP contribution in [0.3, 0.4) is 0 Å². The largest absolute Gasteiger partial charge is 0.307 e. The summed E-state index contributed by atoms with van der Waals surface area (Å²) in [6, 6.07) is 73.2. The van der Waals surface area contributed by atoms with Crippen LogP contribution in [0.25, 0.3) is 112 Å². The van der Waals surface area contributed by atoms with E-state index in [4.69, 9.17) is 24.9 Å². The molecule has 0 unspecified atom stereocenters. The van der Waals surface area contributed by atoms with Crippen LogP contribution in [0.15, 0.2) is 212 Å². The van der Waals surface area contributed by atoms with Crippen LogP contribution >= 0.6 is 0 Å². The topological polar surface area (TPSA) is 74.3 Å². The summed E-state index contributed by atoms with van der Waals surface area (Å²) in [5.41, 5.74) is 11.7. The van der Waals surface area contributed by atoms with E-state index in [9.17, 15) is 0 Å². The van der Waals surface area contributed by atoms with Gasteiger partial charge in [0.05, 0.1) is 33.5 Å². The minimum atomic E-state index is 0.543. The molecule has 0 fully saturated rings. The van der Waals surface area contributed by atoms with Crippen molar-refractivity contribution in [1.82, 2.24) is 34.1 Å². The Morgan fingerprint density at radius 2 is 0.694 bits per heavy atom. The molecule has 0 amide bonds. The number of aromatic nitrogens is 7. The third kappa shape index (κ3) is 5.94. The smallest absolute Gasteiger partial charge is 0.238 e. The van der Waals surface area contributed by atoms with Crippen molar-refractivity contribution in [3.63, 3.8) is 0 Å². The Morgan fingerprint density at radius 1 is 0.274 bits per heavy atom. The number of benzene rings is 8. The van der Waals surface area contributed by atoms with Crippen LogP contribution in [-0.2, 0) is 0 Å². The fourth-order valence-corrected chi connectivity index (χ4v) is 8.75. The van der Waals surface area contributed by atoms with Gasteiger partial charge in [-0.25, -0.2) is 15.0 Å². The average Bonchev–Trinajstić information content (AvgIpc) is 3.88. The van der Waals surface area contributed by atoms with Gasteiger partial charge >= 0.3 is 0 Å². The summed E-state index contributed by atoms with van der Waals surface area (Å²) in [7, 11) is 0. The van der Waals surface area contributed by atoms with Crippen molar-refractivity contribution in [2.24, 2.45) is 0 Å². The van der Waals surface area contributed by atoms with Gasteiger partial charge in [-0.15, -0.1) is 0 Å². The van der Waals surface area contributed by atoms with Gasteiger partial charge in [-0.3, -0.25) is 4.57 Å². The lowest BCUT2D eigenvalue weighted by molar-refractivity contribution is 0.953. The third-order valence-corrected chi connectivity index (χ3v) is 11.6. The normalized spacial score (nSPS) is 11.5. The van der Waals surface area contributed by atoms with E-state index in [1.807, 2.05) is 97.1 Å². The van der Waals surface area contributed by atoms with Crippen LogP contribution in [0.1, 0.15) is 0 Å². The maximum atomic E-state index is 5.27. The highest BCUT2D eigenvalue weighted by Gasteiger charge is 2.24. The predicted octanol–water partition coefficient (Wildman–Crippen LogP) is 13.2. The van der Waals surface area contributed by atoms with Gasteiger partial charge in [-0.1, -0.05) is 182 Å². The molecule has 0 spiro atoms. The molecule has 290 valence electrons. The van der Waals surface area contributed by atoms with Gasteiger partial charge in [0.15, 0.2) is 17.5 Å². The molecule has 0 atom stereocenters. The lowest BCUT2D eigenvalue weighted by Gasteiger charge is -2.14. The first-order valence-electron chi connectivity index (χ1n) is 20.7. The number of hydrogen-bond donors (Lipinski definition) is 0. The third-order valence-electron chi connectivity index (χ3n) is 11.6. The summed E-state index contributed by atoms with van der Waals surface area (Å²) in [4.78, 5) is 26.0. The van der Waals surface area contributed by atoms with Crippen molar-refractivity contribution in [3.05, 3.63) is 212 Å². The highest BCUT2D eigenvalue weighted by molar-refractivity contribution is 6.23. The Balaban J connectivity index is 1.14. The lowest BCUT2D eigenvalue weighted by atomic mass is 10.1. The maximum absolute atomic E-state index is 5.27. The van der Waals surface area contributed by atoms with Crippen molar-refractivity contribution >= 4 is 43.6 Å². The molecule has 0 aliphatic carbocycles. The Bertz CT molecular complexity index is 3500. The first-order chi connectivity index (χ1) is 30.7. The van der Waals surface area contributed by atoms with Gasteiger partial charge in [0, 0.05) is 55.0 Å². The molecule has 0 saturated carbocycles. The Hall–Kier alpha value is -8.55. The van der Waals surface area contributed by atoms with E-state index in [2.05, 4.69) is 124 Å². The summed E-state index contributed by atoms with van der Waals surface area (Å²) in [5, 5.41) is 4.47. The monoisotopic (exact) mass is 793 g/mol. The fourth-order valence-electron chi connectivity index (χ4n) is 8.75. The first-order valence-corrected chi connectivity index (χ1v) is 20.7. The minimum absolute atomic E-state index is 0.543. The van der Waals surface area contributed by atoms with Gasteiger partial charge in [-0.05, 0) is 30.3 Å². The van der Waals surface area contributed by atoms with Crippen LogP contribution in [0.2, 0.25) is 0 Å². The molecule has 12 aromatic rings. The maximum Gasteiger partial charge on any atom is 0.238 e. The molecule has 0 aliphatic rings. The summed E-state index contributed by atoms with van der Waals surface area (Å²) < 4.78 is 4.60. The number of rotatable bonds is 7. The molecule has 7 heteroatoms. The van der Waals surface area contributed by atoms with Crippen molar-refractivity contribution in [2.75, 3.05) is 0 Å². The first kappa shape index (κ1) is 35.4. The molecular weight excluding hydrogens is 759 g/mol. The van der Waals surface area contributed by atoms with Crippen molar-refractivity contribution in [1.29, 1.82) is 0 Å². The van der Waals surface area contributed by atoms with E-state index in [-0.39, 0.29) is 0 Å². The molecular formula is C55H35N7. The van der Waals surface area contributed by atoms with Gasteiger partial charge < -0.3 is 4.57 Å². The second kappa shape index (κ2) is 14.6. The predicted molar refractivity (Wildman–Crippen MR) is 251 cm³/mol. The van der Waals surface area contributed by atoms with Crippen LogP contribution < -0.4 is 0 Å². The lowest BCUT2D eigenvalue weighted by Crippen LogP contribution is -2.07. The SMILES string of the molecule is c1ccc(-c2cc(-c3ccccc3)nc(-c3cccc(-n4c5ccccc5c5ccc6c7ccccc7n(-c7nc(-c8ccccc8)nc(-c8ccccc8)n7)c6c54)c3)n2)cc1. The second-order valence-corrected chi connectivity index (χ2v) is 15.3. The summed E-state index contributed by atoms with van der Waals surface area (Å²) >= 11 is 0. The van der Waals surface area contributed by atoms with E-state index in [1.54, 1.807) is 0 Å². The van der Waals surface area contributed by atoms with Crippen LogP contribution in [0.5, 0.6) is 0 Å². The second-order valence-electron chi connectivity index (χ2n) is 15.3. The van der Waals surface area contributed by atoms with Crippen molar-refractivity contribution in [3.8, 4) is 68.3 Å². The van der Waals surface area contributed by atoms with Gasteiger partial charge in [-0.2, -0.15) is 9.97 Å². The number of para-hydroxylation sites is 2. The Labute approximate surface area is 356 Å². The van der Waals surface area contributed by atoms with E-state index < -0.39 is 0 Å². The molecule has 4 heterocycles. The zero-order chi connectivity index (χ0) is 41.0. The molecule has 7 nitrogen and oxygen atoms in total. The summed E-state index contributed by atoms with van der Waals surface area (Å²) in [6.45, 7) is 0. The quantitative estimate of drug-likeness (QED) is 0.161. The molecule has 4 aromatic heterocycles. The molecule has 0 bridgehead atoms. The van der Waals surface area contributed by atoms with Crippen LogP contribution in [0, 0.1) is 0 Å². The number of nitrogens with zero attached hydrogens (tertiary/aromatic N) is 7. The zero-order valence-corrected chi connectivity index (χ0v) is 33.3. The molecule has 12 rings (SSSR count). The van der Waals surface area contributed by atoms with Crippen molar-refractivity contribution < 1.29 is 0 Å². The fraction of sp³-hybridized carbons (Fsp3) is 0. The minimum Gasteiger partial charge on any atom is -0.307 e. The standard InChI is InChI=1S/C55H35N7/c1-5-18-36(19-6-1)46-35-47(37-20-7-2-8-21-37)57-54(56-46)40-26-17-27-41(34-40)61-48-30-15-13-28-42(48)44-32-33-45-43-29-14-16-31-49(43)62(51(45)50(44)61)55-59-52(38-22-9-3-10-23-38)58-53(60-55)39-24-11-4-12-25-39/h1-35H. The average molecular weight is 794 g/mol. The van der Waals surface area contributed by atoms with Gasteiger partial charge in [0.2, 0.25) is 5.95 Å². The van der Waals surface area contributed by atoms with Crippen LogP contribution in [-0.4, -0.2) is 34.1 Å². The highest BCUT2D eigenvalue weighted by atomic mass is 15.2. The molecule has 0 aliphatic heterocycles. The van der Waals surface area contributed by atoms with Gasteiger partial charge in [0.1, 0.15) is 0 Å². The molecule has 8 aromatic carbocycles. The van der Waals surface area contributed by atoms with Gasteiger partial charge in [0.25, 0.3) is 0 Å². The Morgan fingerprint density at radius 3 is 1.23 bits per heavy atom. The van der Waals surface area contributed by atoms with E-state index in [0.29, 0.717) is 23.4 Å². The number of hydrogen-bond acceptors (Lipinski definition) is 5. The van der Waals surface area contributed by atoms with Crippen molar-refractivity contribution in [2.45, 2.75) is 0 Å². The highest BCUT2D eigenvalue weighted by Crippen LogP contribution is 2.42. The molecule has 0 saturated heterocycles. The van der Waals surface area contributed by atoms with E-state index in [1.165, 1.54) is 0 Å². The zero-order valence-electron chi connectivity index (χ0n) is 33.3. The number of fused-ring (bicyclic) bond motifs is 7. The molecule has 0 radical (unpaired) electrons. The Kier molecular flexibility index (Phi) is 8.35. The molecule has 0 N–H and O–H groups in total. The van der Waals surface area contributed by atoms with Crippen LogP contribution in [0.4, 0.5) is 0 Å². The summed E-state index contributed by atoms with van der Waals surface area (Å²) in [6.07, 6.45) is 0. The van der Waals surface area contributed by atoms with E-state index in [0.717, 1.165) is 88.5 Å². The van der Waals surface area contributed by atoms with E-state index >= 15 is 0 Å².